The van der Waals surface area contributed by atoms with Gasteiger partial charge in [-0.2, -0.15) is 0 Å². The maximum absolute atomic E-state index is 9.87. The second-order valence-corrected chi connectivity index (χ2v) is 4.86. The van der Waals surface area contributed by atoms with E-state index in [1.54, 1.807) is 11.8 Å². The number of hydrogen-bond acceptors (Lipinski definition) is 6. The van der Waals surface area contributed by atoms with Gasteiger partial charge in [0.2, 0.25) is 0 Å². The summed E-state index contributed by atoms with van der Waals surface area (Å²) in [6, 6.07) is 0. The molecule has 0 aromatic carbocycles. The van der Waals surface area contributed by atoms with Gasteiger partial charge < -0.3 is 19.9 Å². The van der Waals surface area contributed by atoms with Crippen LogP contribution in [0.5, 0.6) is 0 Å². The van der Waals surface area contributed by atoms with Crippen molar-refractivity contribution >= 4 is 0 Å². The number of aliphatic hydroxyl groups is 1. The van der Waals surface area contributed by atoms with Crippen LogP contribution in [0.2, 0.25) is 0 Å². The number of nitrogens with zero attached hydrogens (tertiary/aromatic N) is 3. The zero-order valence-corrected chi connectivity index (χ0v) is 12.6. The molecule has 0 aliphatic carbocycles. The van der Waals surface area contributed by atoms with E-state index in [1.165, 1.54) is 0 Å². The fourth-order valence-corrected chi connectivity index (χ4v) is 1.73. The molecule has 0 saturated carbocycles. The molecule has 1 aromatic rings. The second kappa shape index (κ2) is 9.82. The van der Waals surface area contributed by atoms with E-state index < -0.39 is 6.10 Å². The van der Waals surface area contributed by atoms with E-state index in [0.29, 0.717) is 19.7 Å². The Morgan fingerprint density at radius 1 is 1.45 bits per heavy atom. The van der Waals surface area contributed by atoms with Gasteiger partial charge in [0.25, 0.3) is 0 Å². The molecule has 0 fully saturated rings. The minimum atomic E-state index is -0.604. The van der Waals surface area contributed by atoms with Gasteiger partial charge in [-0.1, -0.05) is 12.1 Å². The maximum atomic E-state index is 9.87. The normalized spacial score (nSPS) is 14.4. The molecule has 20 heavy (non-hydrogen) atoms. The Labute approximate surface area is 120 Å². The first-order valence-corrected chi connectivity index (χ1v) is 7.04. The fourth-order valence-electron chi connectivity index (χ4n) is 1.73. The number of ether oxygens (including phenoxy) is 2. The van der Waals surface area contributed by atoms with Crippen LogP contribution in [0.3, 0.4) is 0 Å². The largest absolute Gasteiger partial charge is 0.389 e. The first-order chi connectivity index (χ1) is 9.65. The van der Waals surface area contributed by atoms with Gasteiger partial charge in [-0.15, -0.1) is 5.10 Å². The molecule has 7 nitrogen and oxygen atoms in total. The van der Waals surface area contributed by atoms with Crippen molar-refractivity contribution in [1.29, 1.82) is 0 Å². The monoisotopic (exact) mass is 286 g/mol. The van der Waals surface area contributed by atoms with Crippen LogP contribution in [0.25, 0.3) is 0 Å². The minimum absolute atomic E-state index is 0.0285. The third kappa shape index (κ3) is 6.95. The van der Waals surface area contributed by atoms with Crippen molar-refractivity contribution in [2.45, 2.75) is 45.6 Å². The lowest BCUT2D eigenvalue weighted by Crippen LogP contribution is -2.26. The highest BCUT2D eigenvalue weighted by molar-refractivity contribution is 4.91. The van der Waals surface area contributed by atoms with Crippen molar-refractivity contribution in [3.8, 4) is 0 Å². The summed E-state index contributed by atoms with van der Waals surface area (Å²) in [6.45, 7) is 6.83. The van der Waals surface area contributed by atoms with Gasteiger partial charge in [-0.05, 0) is 19.9 Å². The highest BCUT2D eigenvalue weighted by atomic mass is 16.5. The van der Waals surface area contributed by atoms with Crippen LogP contribution in [0.4, 0.5) is 0 Å². The van der Waals surface area contributed by atoms with E-state index >= 15 is 0 Å². The average molecular weight is 286 g/mol. The maximum Gasteiger partial charge on any atom is 0.0969 e. The zero-order chi connectivity index (χ0) is 14.8. The first-order valence-electron chi connectivity index (χ1n) is 7.04. The minimum Gasteiger partial charge on any atom is -0.389 e. The first kappa shape index (κ1) is 17.0. The molecule has 0 amide bonds. The number of aliphatic hydroxyl groups excluding tert-OH is 1. The smallest absolute Gasteiger partial charge is 0.0969 e. The lowest BCUT2D eigenvalue weighted by Gasteiger charge is -2.15. The van der Waals surface area contributed by atoms with Gasteiger partial charge in [-0.25, -0.2) is 4.68 Å². The number of methoxy groups -OCH3 is 1. The van der Waals surface area contributed by atoms with Gasteiger partial charge in [0.15, 0.2) is 0 Å². The standard InChI is InChI=1S/C13H26N4O3/c1-4-5-14-6-12-7-17(16-15-12)8-13(18)10-20-11(2)9-19-3/h7,11,13-14,18H,4-6,8-10H2,1-3H3. The summed E-state index contributed by atoms with van der Waals surface area (Å²) in [5, 5.41) is 21.2. The van der Waals surface area contributed by atoms with Crippen LogP contribution in [0, 0.1) is 0 Å². The predicted molar refractivity (Wildman–Crippen MR) is 75.3 cm³/mol. The Morgan fingerprint density at radius 2 is 2.25 bits per heavy atom. The molecule has 0 saturated heterocycles. The van der Waals surface area contributed by atoms with Crippen molar-refractivity contribution in [3.05, 3.63) is 11.9 Å². The molecule has 2 unspecified atom stereocenters. The molecular weight excluding hydrogens is 260 g/mol. The molecule has 1 aromatic heterocycles. The van der Waals surface area contributed by atoms with Gasteiger partial charge in [0.1, 0.15) is 0 Å². The van der Waals surface area contributed by atoms with Crippen LogP contribution >= 0.6 is 0 Å². The van der Waals surface area contributed by atoms with Gasteiger partial charge in [0.05, 0.1) is 37.7 Å². The van der Waals surface area contributed by atoms with E-state index in [2.05, 4.69) is 22.6 Å². The Balaban J connectivity index is 2.25. The number of nitrogens with one attached hydrogen (secondary N) is 1. The zero-order valence-electron chi connectivity index (χ0n) is 12.6. The fraction of sp³-hybridized carbons (Fsp3) is 0.846. The third-order valence-corrected chi connectivity index (χ3v) is 2.69. The molecule has 7 heteroatoms. The van der Waals surface area contributed by atoms with E-state index in [4.69, 9.17) is 9.47 Å². The molecule has 0 bridgehead atoms. The van der Waals surface area contributed by atoms with Crippen LogP contribution < -0.4 is 5.32 Å². The Hall–Kier alpha value is -1.02. The highest BCUT2D eigenvalue weighted by Crippen LogP contribution is 1.98. The van der Waals surface area contributed by atoms with Crippen molar-refractivity contribution in [1.82, 2.24) is 20.3 Å². The summed E-state index contributed by atoms with van der Waals surface area (Å²) >= 11 is 0. The SMILES string of the molecule is CCCNCc1cn(CC(O)COC(C)COC)nn1. The molecule has 0 aliphatic rings. The molecular formula is C13H26N4O3. The molecule has 116 valence electrons. The van der Waals surface area contributed by atoms with Gasteiger partial charge >= 0.3 is 0 Å². The number of hydrogen-bond donors (Lipinski definition) is 2. The van der Waals surface area contributed by atoms with Crippen molar-refractivity contribution in [3.63, 3.8) is 0 Å². The van der Waals surface area contributed by atoms with Crippen molar-refractivity contribution in [2.75, 3.05) is 26.9 Å². The Bertz CT molecular complexity index is 359. The number of aromatic nitrogens is 3. The summed E-state index contributed by atoms with van der Waals surface area (Å²) < 4.78 is 12.1. The Kier molecular flexibility index (Phi) is 8.36. The topological polar surface area (TPSA) is 81.4 Å². The third-order valence-electron chi connectivity index (χ3n) is 2.69. The molecule has 0 radical (unpaired) electrons. The molecule has 1 rings (SSSR count). The highest BCUT2D eigenvalue weighted by Gasteiger charge is 2.10. The molecule has 1 heterocycles. The quantitative estimate of drug-likeness (QED) is 0.565. The van der Waals surface area contributed by atoms with Crippen molar-refractivity contribution in [2.24, 2.45) is 0 Å². The summed E-state index contributed by atoms with van der Waals surface area (Å²) in [6.07, 6.45) is 2.29. The van der Waals surface area contributed by atoms with Gasteiger partial charge in [0, 0.05) is 19.9 Å². The van der Waals surface area contributed by atoms with E-state index in [0.717, 1.165) is 18.7 Å². The van der Waals surface area contributed by atoms with Crippen LogP contribution in [-0.4, -0.2) is 59.2 Å². The molecule has 0 spiro atoms. The van der Waals surface area contributed by atoms with E-state index in [9.17, 15) is 5.11 Å². The van der Waals surface area contributed by atoms with Gasteiger partial charge in [-0.3, -0.25) is 0 Å². The lowest BCUT2D eigenvalue weighted by molar-refractivity contribution is -0.0365. The number of rotatable bonds is 11. The van der Waals surface area contributed by atoms with Crippen LogP contribution in [-0.2, 0) is 22.6 Å². The lowest BCUT2D eigenvalue weighted by atomic mass is 10.3. The van der Waals surface area contributed by atoms with E-state index in [1.807, 2.05) is 13.1 Å². The Morgan fingerprint density at radius 3 is 2.95 bits per heavy atom. The summed E-state index contributed by atoms with van der Waals surface area (Å²) in [4.78, 5) is 0. The molecule has 0 aliphatic heterocycles. The predicted octanol–water partition coefficient (Wildman–Crippen LogP) is 0.190. The average Bonchev–Trinajstić information content (AvgIpc) is 2.85. The van der Waals surface area contributed by atoms with Crippen LogP contribution in [0.1, 0.15) is 26.0 Å². The van der Waals surface area contributed by atoms with E-state index in [-0.39, 0.29) is 12.7 Å². The molecule has 2 atom stereocenters. The van der Waals surface area contributed by atoms with Crippen LogP contribution in [0.15, 0.2) is 6.20 Å². The second-order valence-electron chi connectivity index (χ2n) is 4.86. The summed E-state index contributed by atoms with van der Waals surface area (Å²) in [5.41, 5.74) is 0.874. The summed E-state index contributed by atoms with van der Waals surface area (Å²) in [7, 11) is 1.62. The van der Waals surface area contributed by atoms with Crippen molar-refractivity contribution < 1.29 is 14.6 Å². The molecule has 2 N–H and O–H groups in total. The summed E-state index contributed by atoms with van der Waals surface area (Å²) in [5.74, 6) is 0.